The minimum Gasteiger partial charge on any atom is -0.255 e. The summed E-state index contributed by atoms with van der Waals surface area (Å²) in [5, 5.41) is 11.3. The smallest absolute Gasteiger partial charge is 0.255 e. The van der Waals surface area contributed by atoms with Crippen LogP contribution in [0.3, 0.4) is 0 Å². The van der Waals surface area contributed by atoms with Gasteiger partial charge in [-0.25, -0.2) is 9.78 Å². The fourth-order valence-corrected chi connectivity index (χ4v) is 0.955. The first kappa shape index (κ1) is 6.81. The van der Waals surface area contributed by atoms with Gasteiger partial charge < -0.3 is 0 Å². The molecule has 0 fully saturated rings. The van der Waals surface area contributed by atoms with E-state index in [-0.39, 0.29) is 5.01 Å². The zero-order chi connectivity index (χ0) is 7.56. The molecule has 1 aromatic heterocycles. The monoisotopic (exact) mass is 158 g/mol. The first-order chi connectivity index (χ1) is 4.72. The molecule has 1 heterocycles. The van der Waals surface area contributed by atoms with E-state index in [0.29, 0.717) is 0 Å². The number of nitro groups is 1. The quantitative estimate of drug-likeness (QED) is 0.442. The number of nitrogens with zero attached hydrogens (tertiary/aromatic N) is 2. The Hall–Kier alpha value is -1.30. The molecule has 0 aliphatic carbocycles. The molecule has 0 aromatic carbocycles. The molecule has 1 aromatic rings. The molecular weight excluding hydrogens is 156 g/mol. The molecule has 0 saturated carbocycles. The van der Waals surface area contributed by atoms with Crippen molar-refractivity contribution in [2.45, 2.75) is 0 Å². The predicted molar refractivity (Wildman–Crippen MR) is 33.4 cm³/mol. The summed E-state index contributed by atoms with van der Waals surface area (Å²) in [6.45, 7) is 0. The fraction of sp³-hybridized carbons (Fsp3) is 0. The zero-order valence-electron chi connectivity index (χ0n) is 4.68. The Morgan fingerprint density at radius 2 is 2.50 bits per heavy atom. The molecule has 6 heteroatoms. The average Bonchev–Trinajstić information content (AvgIpc) is 2.36. The highest BCUT2D eigenvalue weighted by Crippen LogP contribution is 2.04. The molecule has 1 amide bonds. The van der Waals surface area contributed by atoms with Crippen molar-refractivity contribution in [3.63, 3.8) is 0 Å². The zero-order valence-corrected chi connectivity index (χ0v) is 5.50. The second-order valence-corrected chi connectivity index (χ2v) is 2.29. The number of hydrogen-bond donors (Lipinski definition) is 0. The summed E-state index contributed by atoms with van der Waals surface area (Å²) in [5.41, 5.74) is 0. The van der Waals surface area contributed by atoms with Crippen LogP contribution in [0.5, 0.6) is 0 Å². The minimum atomic E-state index is -1.14. The van der Waals surface area contributed by atoms with Gasteiger partial charge in [-0.2, -0.15) is 0 Å². The lowest BCUT2D eigenvalue weighted by atomic mass is 10.7. The van der Waals surface area contributed by atoms with Crippen LogP contribution >= 0.6 is 11.3 Å². The van der Waals surface area contributed by atoms with Crippen LogP contribution in [0.4, 0.5) is 0 Å². The lowest BCUT2D eigenvalue weighted by molar-refractivity contribution is -0.375. The van der Waals surface area contributed by atoms with E-state index in [0.717, 1.165) is 11.3 Å². The van der Waals surface area contributed by atoms with Crippen molar-refractivity contribution in [2.75, 3.05) is 0 Å². The van der Waals surface area contributed by atoms with Gasteiger partial charge in [-0.05, 0) is 0 Å². The van der Waals surface area contributed by atoms with Gasteiger partial charge in [0.2, 0.25) is 5.01 Å². The predicted octanol–water partition coefficient (Wildman–Crippen LogP) is 0.560. The maximum Gasteiger partial charge on any atom is 0.504 e. The van der Waals surface area contributed by atoms with Gasteiger partial charge in [0.1, 0.15) is 4.92 Å². The number of aromatic nitrogens is 1. The Bertz CT molecular complexity index is 255. The van der Waals surface area contributed by atoms with Crippen LogP contribution in [0.25, 0.3) is 0 Å². The molecule has 0 atom stereocenters. The number of hydrogen-bond acceptors (Lipinski definition) is 5. The number of amides is 1. The van der Waals surface area contributed by atoms with E-state index in [9.17, 15) is 14.9 Å². The van der Waals surface area contributed by atoms with Crippen LogP contribution < -0.4 is 0 Å². The molecule has 0 radical (unpaired) electrons. The van der Waals surface area contributed by atoms with E-state index in [1.165, 1.54) is 11.6 Å². The average molecular weight is 158 g/mol. The highest BCUT2D eigenvalue weighted by Gasteiger charge is 2.20. The van der Waals surface area contributed by atoms with Gasteiger partial charge in [-0.15, -0.1) is 11.3 Å². The van der Waals surface area contributed by atoms with Crippen molar-refractivity contribution < 1.29 is 9.72 Å². The summed E-state index contributed by atoms with van der Waals surface area (Å²) >= 11 is 0.957. The number of rotatable bonds is 1. The normalized spacial score (nSPS) is 9.20. The molecule has 0 spiro atoms. The fourth-order valence-electron chi connectivity index (χ4n) is 0.407. The van der Waals surface area contributed by atoms with Crippen molar-refractivity contribution in [3.05, 3.63) is 26.7 Å². The van der Waals surface area contributed by atoms with E-state index in [2.05, 4.69) is 4.98 Å². The number of thiazole rings is 1. The van der Waals surface area contributed by atoms with Gasteiger partial charge in [-0.3, -0.25) is 10.1 Å². The Morgan fingerprint density at radius 1 is 1.80 bits per heavy atom. The molecule has 1 rings (SSSR count). The first-order valence-corrected chi connectivity index (χ1v) is 3.18. The molecule has 0 unspecified atom stereocenters. The summed E-state index contributed by atoms with van der Waals surface area (Å²) in [6, 6.07) is 0. The molecule has 52 valence electrons. The molecule has 0 N–H and O–H groups in total. The van der Waals surface area contributed by atoms with E-state index >= 15 is 0 Å². The van der Waals surface area contributed by atoms with E-state index < -0.39 is 10.8 Å². The summed E-state index contributed by atoms with van der Waals surface area (Å²) < 4.78 is 0. The van der Waals surface area contributed by atoms with Crippen LogP contribution in [0, 0.1) is 10.1 Å². The molecule has 0 aliphatic heterocycles. The summed E-state index contributed by atoms with van der Waals surface area (Å²) in [4.78, 5) is 22.8. The third-order valence-corrected chi connectivity index (χ3v) is 1.54. The van der Waals surface area contributed by atoms with Crippen molar-refractivity contribution in [2.24, 2.45) is 0 Å². The van der Waals surface area contributed by atoms with Gasteiger partial charge in [0.25, 0.3) is 0 Å². The minimum absolute atomic E-state index is 0.0787. The second-order valence-electron chi connectivity index (χ2n) is 1.40. The van der Waals surface area contributed by atoms with Crippen molar-refractivity contribution in [3.8, 4) is 0 Å². The Balaban J connectivity index is 2.88. The van der Waals surface area contributed by atoms with Gasteiger partial charge in [0.15, 0.2) is 0 Å². The summed E-state index contributed by atoms with van der Waals surface area (Å²) in [7, 11) is 0. The van der Waals surface area contributed by atoms with E-state index in [4.69, 9.17) is 0 Å². The molecule has 0 saturated heterocycles. The van der Waals surface area contributed by atoms with Crippen LogP contribution in [0.15, 0.2) is 11.6 Å². The van der Waals surface area contributed by atoms with Gasteiger partial charge in [0, 0.05) is 11.6 Å². The van der Waals surface area contributed by atoms with Gasteiger partial charge in [-0.1, -0.05) is 0 Å². The van der Waals surface area contributed by atoms with Crippen LogP contribution in [-0.2, 0) is 0 Å². The molecule has 5 nitrogen and oxygen atoms in total. The highest BCUT2D eigenvalue weighted by atomic mass is 32.1. The first-order valence-electron chi connectivity index (χ1n) is 2.30. The van der Waals surface area contributed by atoms with Crippen LogP contribution in [0.1, 0.15) is 9.80 Å². The van der Waals surface area contributed by atoms with Crippen molar-refractivity contribution in [1.29, 1.82) is 0 Å². The molecule has 10 heavy (non-hydrogen) atoms. The maximum atomic E-state index is 10.5. The molecule has 0 aliphatic rings. The lowest BCUT2D eigenvalue weighted by Gasteiger charge is -1.80. The Kier molecular flexibility index (Phi) is 1.72. The topological polar surface area (TPSA) is 73.1 Å². The largest absolute Gasteiger partial charge is 0.504 e. The van der Waals surface area contributed by atoms with E-state index in [1.807, 2.05) is 0 Å². The molecule has 0 bridgehead atoms. The molecular formula is C4H2N2O3S. The highest BCUT2D eigenvalue weighted by molar-refractivity contribution is 7.11. The SMILES string of the molecule is O=C(c1nccs1)[N+](=O)[O-]. The van der Waals surface area contributed by atoms with Gasteiger partial charge in [0.05, 0.1) is 0 Å². The Morgan fingerprint density at radius 3 is 2.90 bits per heavy atom. The van der Waals surface area contributed by atoms with Crippen LogP contribution in [-0.4, -0.2) is 15.8 Å². The lowest BCUT2D eigenvalue weighted by Crippen LogP contribution is -2.10. The Labute approximate surface area is 59.5 Å². The second kappa shape index (κ2) is 2.53. The summed E-state index contributed by atoms with van der Waals surface area (Å²) in [5.74, 6) is -1.14. The third kappa shape index (κ3) is 1.16. The number of carbonyl (C=O) groups excluding carboxylic acids is 1. The van der Waals surface area contributed by atoms with E-state index in [1.54, 1.807) is 0 Å². The third-order valence-electron chi connectivity index (χ3n) is 0.781. The summed E-state index contributed by atoms with van der Waals surface area (Å²) in [6.07, 6.45) is 1.35. The van der Waals surface area contributed by atoms with Crippen molar-refractivity contribution in [1.82, 2.24) is 4.98 Å². The maximum absolute atomic E-state index is 10.5. The van der Waals surface area contributed by atoms with Crippen molar-refractivity contribution >= 4 is 17.2 Å². The van der Waals surface area contributed by atoms with Gasteiger partial charge >= 0.3 is 5.91 Å². The van der Waals surface area contributed by atoms with Crippen LogP contribution in [0.2, 0.25) is 0 Å². The number of carbonyl (C=O) groups is 1. The standard InChI is InChI=1S/C4H2N2O3S/c7-4(6(8)9)3-5-1-2-10-3/h1-2H.